The molecule has 0 aromatic rings. The van der Waals surface area contributed by atoms with Crippen LogP contribution in [-0.2, 0) is 24.3 Å². The summed E-state index contributed by atoms with van der Waals surface area (Å²) in [7, 11) is -3.15. The molecule has 10 heteroatoms. The number of hydrogen-bond donors (Lipinski definition) is 2. The van der Waals surface area contributed by atoms with Crippen molar-refractivity contribution in [2.45, 2.75) is 19.1 Å². The monoisotopic (exact) mass is 383 g/mol. The molecule has 0 atom stereocenters. The maximum absolute atomic E-state index is 12.1. The maximum Gasteiger partial charge on any atom is 0.245 e. The number of ether oxygens (including phenoxy) is 2. The van der Waals surface area contributed by atoms with Gasteiger partial charge in [-0.25, -0.2) is 8.42 Å². The van der Waals surface area contributed by atoms with Crippen molar-refractivity contribution in [3.63, 3.8) is 0 Å². The molecule has 1 saturated heterocycles. The van der Waals surface area contributed by atoms with Crippen molar-refractivity contribution in [3.05, 3.63) is 0 Å². The number of nitrogens with zero attached hydrogens (tertiary/aromatic N) is 2. The van der Waals surface area contributed by atoms with Gasteiger partial charge in [-0.2, -0.15) is 4.31 Å². The van der Waals surface area contributed by atoms with E-state index in [0.29, 0.717) is 46.1 Å². The van der Waals surface area contributed by atoms with E-state index < -0.39 is 22.5 Å². The number of amides is 1. The quantitative estimate of drug-likeness (QED) is 0.405. The number of carbonyl (C=O) groups is 1. The third kappa shape index (κ3) is 8.43. The minimum atomic E-state index is -3.15. The second-order valence-corrected chi connectivity index (χ2v) is 8.56. The molecular formula is C15H33N3O6S. The SMILES string of the molecule is CC(C)S(=O)(=O)N1CCN(CCOCCOCCNC(=O)CO)CC1.[HH]. The highest BCUT2D eigenvalue weighted by atomic mass is 32.2. The van der Waals surface area contributed by atoms with Gasteiger partial charge in [-0.3, -0.25) is 9.69 Å². The molecular weight excluding hydrogens is 350 g/mol. The van der Waals surface area contributed by atoms with Gasteiger partial charge in [0.2, 0.25) is 15.9 Å². The van der Waals surface area contributed by atoms with Gasteiger partial charge >= 0.3 is 0 Å². The zero-order valence-electron chi connectivity index (χ0n) is 15.1. The summed E-state index contributed by atoms with van der Waals surface area (Å²) >= 11 is 0. The lowest BCUT2D eigenvalue weighted by molar-refractivity contribution is -0.124. The molecule has 25 heavy (non-hydrogen) atoms. The van der Waals surface area contributed by atoms with Crippen molar-refractivity contribution in [2.24, 2.45) is 0 Å². The number of sulfonamides is 1. The molecule has 2 N–H and O–H groups in total. The second kappa shape index (κ2) is 11.8. The van der Waals surface area contributed by atoms with E-state index in [1.165, 1.54) is 0 Å². The average molecular weight is 384 g/mol. The first-order valence-corrected chi connectivity index (χ1v) is 10.1. The van der Waals surface area contributed by atoms with Crippen LogP contribution < -0.4 is 5.32 Å². The normalized spacial score (nSPS) is 17.1. The van der Waals surface area contributed by atoms with Crippen LogP contribution in [0.25, 0.3) is 0 Å². The number of aliphatic hydroxyl groups is 1. The number of piperazine rings is 1. The van der Waals surface area contributed by atoms with Crippen LogP contribution in [0.15, 0.2) is 0 Å². The highest BCUT2D eigenvalue weighted by molar-refractivity contribution is 7.89. The van der Waals surface area contributed by atoms with Crippen LogP contribution in [0.1, 0.15) is 15.3 Å². The van der Waals surface area contributed by atoms with Crippen molar-refractivity contribution in [1.29, 1.82) is 0 Å². The Labute approximate surface area is 151 Å². The van der Waals surface area contributed by atoms with Crippen LogP contribution in [0, 0.1) is 0 Å². The molecule has 1 fully saturated rings. The zero-order chi connectivity index (χ0) is 18.7. The van der Waals surface area contributed by atoms with Crippen molar-refractivity contribution in [1.82, 2.24) is 14.5 Å². The van der Waals surface area contributed by atoms with Gasteiger partial charge in [0.1, 0.15) is 6.61 Å². The van der Waals surface area contributed by atoms with Crippen molar-refractivity contribution < 1.29 is 29.2 Å². The molecule has 0 aromatic heterocycles. The van der Waals surface area contributed by atoms with Crippen LogP contribution in [0.2, 0.25) is 0 Å². The van der Waals surface area contributed by atoms with E-state index in [4.69, 9.17) is 14.6 Å². The first-order chi connectivity index (χ1) is 11.9. The Kier molecular flexibility index (Phi) is 10.5. The molecule has 1 aliphatic rings. The lowest BCUT2D eigenvalue weighted by Gasteiger charge is -2.34. The van der Waals surface area contributed by atoms with Gasteiger partial charge < -0.3 is 19.9 Å². The van der Waals surface area contributed by atoms with E-state index in [2.05, 4.69) is 10.2 Å². The Bertz CT molecular complexity index is 484. The number of nitrogens with one attached hydrogen (secondary N) is 1. The maximum atomic E-state index is 12.1. The Morgan fingerprint density at radius 3 is 2.28 bits per heavy atom. The summed E-state index contributed by atoms with van der Waals surface area (Å²) in [6.07, 6.45) is 0. The Morgan fingerprint density at radius 1 is 1.12 bits per heavy atom. The summed E-state index contributed by atoms with van der Waals surface area (Å²) in [4.78, 5) is 13.0. The molecule has 0 spiro atoms. The molecule has 0 aromatic carbocycles. The van der Waals surface area contributed by atoms with Crippen molar-refractivity contribution in [3.8, 4) is 0 Å². The van der Waals surface area contributed by atoms with Gasteiger partial charge in [0.15, 0.2) is 0 Å². The molecule has 1 rings (SSSR count). The molecule has 1 aliphatic heterocycles. The second-order valence-electron chi connectivity index (χ2n) is 6.07. The third-order valence-electron chi connectivity index (χ3n) is 3.92. The zero-order valence-corrected chi connectivity index (χ0v) is 16.0. The summed E-state index contributed by atoms with van der Waals surface area (Å²) in [6, 6.07) is 0. The van der Waals surface area contributed by atoms with E-state index >= 15 is 0 Å². The van der Waals surface area contributed by atoms with Gasteiger partial charge in [0.25, 0.3) is 0 Å². The van der Waals surface area contributed by atoms with E-state index in [0.717, 1.165) is 19.6 Å². The van der Waals surface area contributed by atoms with Crippen LogP contribution in [-0.4, -0.2) is 106 Å². The average Bonchev–Trinajstić information content (AvgIpc) is 2.60. The fourth-order valence-corrected chi connectivity index (χ4v) is 3.61. The number of hydrogen-bond acceptors (Lipinski definition) is 7. The minimum absolute atomic E-state index is 0. The Balaban J connectivity index is 0.00000625. The van der Waals surface area contributed by atoms with Crippen LogP contribution in [0.3, 0.4) is 0 Å². The predicted molar refractivity (Wildman–Crippen MR) is 95.9 cm³/mol. The number of carbonyl (C=O) groups excluding carboxylic acids is 1. The van der Waals surface area contributed by atoms with Gasteiger partial charge in [0, 0.05) is 40.7 Å². The van der Waals surface area contributed by atoms with Crippen LogP contribution >= 0.6 is 0 Å². The fourth-order valence-electron chi connectivity index (χ4n) is 2.34. The number of aliphatic hydroxyl groups excluding tert-OH is 1. The van der Waals surface area contributed by atoms with E-state index in [-0.39, 0.29) is 6.68 Å². The molecule has 1 amide bonds. The highest BCUT2D eigenvalue weighted by Crippen LogP contribution is 2.12. The lowest BCUT2D eigenvalue weighted by Crippen LogP contribution is -2.50. The Hall–Kier alpha value is -0.780. The standard InChI is InChI=1S/C15H31N3O6S.H2/c1-14(2)25(21,22)18-6-4-17(5-7-18)8-10-24-12-11-23-9-3-16-15(20)13-19;/h14,19H,3-13H2,1-2H3,(H,16,20);1H. The molecule has 0 saturated carbocycles. The molecule has 150 valence electrons. The van der Waals surface area contributed by atoms with E-state index in [1.807, 2.05) is 0 Å². The molecule has 1 heterocycles. The van der Waals surface area contributed by atoms with E-state index in [1.54, 1.807) is 18.2 Å². The molecule has 0 bridgehead atoms. The summed E-state index contributed by atoms with van der Waals surface area (Å²) in [5.41, 5.74) is 0. The molecule has 9 nitrogen and oxygen atoms in total. The summed E-state index contributed by atoms with van der Waals surface area (Å²) < 4.78 is 36.5. The fraction of sp³-hybridized carbons (Fsp3) is 0.933. The molecule has 0 radical (unpaired) electrons. The van der Waals surface area contributed by atoms with Crippen molar-refractivity contribution in [2.75, 3.05) is 72.3 Å². The summed E-state index contributed by atoms with van der Waals surface area (Å²) in [6.45, 7) is 8.38. The summed E-state index contributed by atoms with van der Waals surface area (Å²) in [5.74, 6) is -0.416. The van der Waals surface area contributed by atoms with Gasteiger partial charge in [-0.15, -0.1) is 0 Å². The highest BCUT2D eigenvalue weighted by Gasteiger charge is 2.28. The van der Waals surface area contributed by atoms with Crippen LogP contribution in [0.4, 0.5) is 0 Å². The summed E-state index contributed by atoms with van der Waals surface area (Å²) in [5, 5.41) is 10.6. The van der Waals surface area contributed by atoms with Gasteiger partial charge in [-0.05, 0) is 13.8 Å². The predicted octanol–water partition coefficient (Wildman–Crippen LogP) is -1.27. The minimum Gasteiger partial charge on any atom is -0.387 e. The Morgan fingerprint density at radius 2 is 1.72 bits per heavy atom. The first kappa shape index (κ1) is 22.3. The lowest BCUT2D eigenvalue weighted by atomic mass is 10.3. The third-order valence-corrected chi connectivity index (χ3v) is 6.20. The van der Waals surface area contributed by atoms with E-state index in [9.17, 15) is 13.2 Å². The topological polar surface area (TPSA) is 108 Å². The van der Waals surface area contributed by atoms with Crippen molar-refractivity contribution >= 4 is 15.9 Å². The van der Waals surface area contributed by atoms with Gasteiger partial charge in [0.05, 0.1) is 31.7 Å². The smallest absolute Gasteiger partial charge is 0.245 e. The molecule has 0 unspecified atom stereocenters. The molecule has 0 aliphatic carbocycles. The van der Waals surface area contributed by atoms with Gasteiger partial charge in [-0.1, -0.05) is 0 Å². The number of rotatable bonds is 12. The van der Waals surface area contributed by atoms with Crippen LogP contribution in [0.5, 0.6) is 0 Å². The largest absolute Gasteiger partial charge is 0.387 e. The first-order valence-electron chi connectivity index (χ1n) is 8.62.